The van der Waals surface area contributed by atoms with Crippen molar-refractivity contribution >= 4 is 0 Å². The molecule has 8 heteroatoms. The third-order valence-electron chi connectivity index (χ3n) is 8.73. The minimum atomic E-state index is -5.88. The van der Waals surface area contributed by atoms with E-state index in [1.807, 2.05) is 0 Å². The highest BCUT2D eigenvalue weighted by Crippen LogP contribution is 2.50. The van der Waals surface area contributed by atoms with Gasteiger partial charge in [0.1, 0.15) is 0 Å². The number of benzene rings is 2. The van der Waals surface area contributed by atoms with E-state index in [-0.39, 0.29) is 17.9 Å². The molecule has 0 aromatic heterocycles. The quantitative estimate of drug-likeness (QED) is 0.444. The van der Waals surface area contributed by atoms with Crippen LogP contribution in [0.3, 0.4) is 0 Å². The standard InChI is InChI=1S/C28H31F6NO/c29-27(30,31)26(36,28(32,33)34)21-13-11-18(12-14-21)24-16-35-25(19-7-4-8-19)23(24)15-20-9-3-6-17-5-1-2-10-22(17)20/h3,6,9,11-14,19,23-25,35-36H,1-2,4-5,7-8,10,15-16H2/t23-,24-,25?/m0/s1. The zero-order valence-corrected chi connectivity index (χ0v) is 19.9. The number of fused-ring (bicyclic) bond motifs is 1. The molecule has 0 amide bonds. The Morgan fingerprint density at radius 3 is 2.11 bits per heavy atom. The Balaban J connectivity index is 1.46. The van der Waals surface area contributed by atoms with Crippen molar-refractivity contribution < 1.29 is 31.4 Å². The third kappa shape index (κ3) is 4.34. The minimum absolute atomic E-state index is 0.0334. The van der Waals surface area contributed by atoms with Crippen LogP contribution in [0.1, 0.15) is 65.8 Å². The van der Waals surface area contributed by atoms with Gasteiger partial charge in [-0.05, 0) is 79.0 Å². The topological polar surface area (TPSA) is 32.3 Å². The molecule has 0 radical (unpaired) electrons. The second kappa shape index (κ2) is 9.35. The molecule has 5 rings (SSSR count). The molecular weight excluding hydrogens is 480 g/mol. The third-order valence-corrected chi connectivity index (χ3v) is 8.73. The summed E-state index contributed by atoms with van der Waals surface area (Å²) in [5, 5.41) is 13.4. The summed E-state index contributed by atoms with van der Waals surface area (Å²) in [6, 6.07) is 11.0. The zero-order chi connectivity index (χ0) is 25.7. The molecule has 1 aliphatic heterocycles. The van der Waals surface area contributed by atoms with Gasteiger partial charge in [-0.1, -0.05) is 48.9 Å². The molecule has 0 bridgehead atoms. The molecule has 0 spiro atoms. The summed E-state index contributed by atoms with van der Waals surface area (Å²) in [5.41, 5.74) is -1.28. The molecule has 2 aromatic carbocycles. The van der Waals surface area contributed by atoms with Crippen molar-refractivity contribution in [1.29, 1.82) is 0 Å². The van der Waals surface area contributed by atoms with Gasteiger partial charge in [0.15, 0.2) is 0 Å². The van der Waals surface area contributed by atoms with Gasteiger partial charge in [-0.15, -0.1) is 0 Å². The number of nitrogens with one attached hydrogen (secondary N) is 1. The van der Waals surface area contributed by atoms with Crippen LogP contribution in [0.2, 0.25) is 0 Å². The number of hydrogen-bond acceptors (Lipinski definition) is 2. The number of halogens is 6. The fourth-order valence-electron chi connectivity index (χ4n) is 6.53. The average Bonchev–Trinajstić information content (AvgIpc) is 3.19. The van der Waals surface area contributed by atoms with Crippen LogP contribution < -0.4 is 5.32 Å². The summed E-state index contributed by atoms with van der Waals surface area (Å²) in [7, 11) is 0. The van der Waals surface area contributed by atoms with Gasteiger partial charge in [-0.3, -0.25) is 0 Å². The zero-order valence-electron chi connectivity index (χ0n) is 19.9. The fraction of sp³-hybridized carbons (Fsp3) is 0.571. The van der Waals surface area contributed by atoms with Gasteiger partial charge in [0, 0.05) is 24.1 Å². The van der Waals surface area contributed by atoms with Crippen molar-refractivity contribution in [2.24, 2.45) is 11.8 Å². The molecular formula is C28H31F6NO. The lowest BCUT2D eigenvalue weighted by Gasteiger charge is -2.37. The lowest BCUT2D eigenvalue weighted by molar-refractivity contribution is -0.376. The number of hydrogen-bond donors (Lipinski definition) is 2. The molecule has 2 N–H and O–H groups in total. The molecule has 2 aromatic rings. The van der Waals surface area contributed by atoms with Gasteiger partial charge < -0.3 is 10.4 Å². The number of aliphatic hydroxyl groups is 1. The molecule has 3 atom stereocenters. The molecule has 36 heavy (non-hydrogen) atoms. The van der Waals surface area contributed by atoms with Crippen LogP contribution in [0.25, 0.3) is 0 Å². The monoisotopic (exact) mass is 511 g/mol. The van der Waals surface area contributed by atoms with E-state index in [1.54, 1.807) is 0 Å². The number of aryl methyl sites for hydroxylation is 1. The summed E-state index contributed by atoms with van der Waals surface area (Å²) in [6.45, 7) is 0.628. The van der Waals surface area contributed by atoms with Gasteiger partial charge in [-0.25, -0.2) is 0 Å². The molecule has 1 heterocycles. The van der Waals surface area contributed by atoms with Crippen molar-refractivity contribution in [2.75, 3.05) is 6.54 Å². The van der Waals surface area contributed by atoms with Crippen molar-refractivity contribution in [3.05, 3.63) is 70.3 Å². The van der Waals surface area contributed by atoms with E-state index in [0.29, 0.717) is 18.0 Å². The Morgan fingerprint density at radius 2 is 1.50 bits per heavy atom. The predicted molar refractivity (Wildman–Crippen MR) is 125 cm³/mol. The second-order valence-electron chi connectivity index (χ2n) is 10.7. The molecule has 2 fully saturated rings. The summed E-state index contributed by atoms with van der Waals surface area (Å²) in [4.78, 5) is 0. The number of alkyl halides is 6. The second-order valence-corrected chi connectivity index (χ2v) is 10.7. The summed E-state index contributed by atoms with van der Waals surface area (Å²) in [6.07, 6.45) is -3.01. The molecule has 1 saturated heterocycles. The van der Waals surface area contributed by atoms with Gasteiger partial charge in [0.05, 0.1) is 0 Å². The maximum absolute atomic E-state index is 13.3. The molecule has 1 unspecified atom stereocenters. The predicted octanol–water partition coefficient (Wildman–Crippen LogP) is 6.59. The van der Waals surface area contributed by atoms with Crippen LogP contribution in [0, 0.1) is 11.8 Å². The molecule has 2 nitrogen and oxygen atoms in total. The van der Waals surface area contributed by atoms with E-state index in [0.717, 1.165) is 50.7 Å². The Morgan fingerprint density at radius 1 is 0.833 bits per heavy atom. The van der Waals surface area contributed by atoms with Crippen molar-refractivity contribution in [3.8, 4) is 0 Å². The average molecular weight is 512 g/mol. The fourth-order valence-corrected chi connectivity index (χ4v) is 6.53. The summed E-state index contributed by atoms with van der Waals surface area (Å²) in [5.74, 6) is 0.701. The first-order valence-corrected chi connectivity index (χ1v) is 12.8. The van der Waals surface area contributed by atoms with Crippen LogP contribution in [-0.4, -0.2) is 30.0 Å². The van der Waals surface area contributed by atoms with Crippen LogP contribution in [0.15, 0.2) is 42.5 Å². The largest absolute Gasteiger partial charge is 0.430 e. The first-order valence-electron chi connectivity index (χ1n) is 12.8. The van der Waals surface area contributed by atoms with Crippen molar-refractivity contribution in [2.45, 2.75) is 81.3 Å². The Hall–Kier alpha value is -2.06. The first-order chi connectivity index (χ1) is 17.0. The van der Waals surface area contributed by atoms with Gasteiger partial charge >= 0.3 is 12.4 Å². The van der Waals surface area contributed by atoms with Gasteiger partial charge in [0.2, 0.25) is 0 Å². The first kappa shape index (κ1) is 25.6. The van der Waals surface area contributed by atoms with Crippen molar-refractivity contribution in [3.63, 3.8) is 0 Å². The van der Waals surface area contributed by atoms with Crippen LogP contribution in [-0.2, 0) is 24.9 Å². The molecule has 2 aliphatic carbocycles. The maximum Gasteiger partial charge on any atom is 0.430 e. The SMILES string of the molecule is OC(c1ccc([C@@H]2CNC(C3CCC3)[C@H]2Cc2cccc3c2CCCC3)cc1)(C(F)(F)F)C(F)(F)F. The number of rotatable bonds is 5. The van der Waals surface area contributed by atoms with E-state index in [4.69, 9.17) is 0 Å². The van der Waals surface area contributed by atoms with E-state index in [9.17, 15) is 31.4 Å². The highest BCUT2D eigenvalue weighted by atomic mass is 19.4. The maximum atomic E-state index is 13.3. The highest BCUT2D eigenvalue weighted by Gasteiger charge is 2.71. The molecule has 3 aliphatic rings. The van der Waals surface area contributed by atoms with Crippen LogP contribution in [0.4, 0.5) is 26.3 Å². The van der Waals surface area contributed by atoms with Crippen LogP contribution in [0.5, 0.6) is 0 Å². The van der Waals surface area contributed by atoms with Crippen LogP contribution >= 0.6 is 0 Å². The molecule has 196 valence electrons. The Labute approximate surface area is 207 Å². The van der Waals surface area contributed by atoms with E-state index < -0.39 is 23.5 Å². The highest BCUT2D eigenvalue weighted by molar-refractivity contribution is 5.39. The van der Waals surface area contributed by atoms with Crippen molar-refractivity contribution in [1.82, 2.24) is 5.32 Å². The normalized spacial score (nSPS) is 25.5. The molecule has 1 saturated carbocycles. The summed E-state index contributed by atoms with van der Waals surface area (Å²) >= 11 is 0. The summed E-state index contributed by atoms with van der Waals surface area (Å²) < 4.78 is 80.0. The minimum Gasteiger partial charge on any atom is -0.369 e. The van der Waals surface area contributed by atoms with Gasteiger partial charge in [-0.2, -0.15) is 26.3 Å². The lowest BCUT2D eigenvalue weighted by atomic mass is 9.70. The van der Waals surface area contributed by atoms with Gasteiger partial charge in [0.25, 0.3) is 5.60 Å². The van der Waals surface area contributed by atoms with E-state index in [1.165, 1.54) is 41.7 Å². The lowest BCUT2D eigenvalue weighted by Crippen LogP contribution is -2.53. The Bertz CT molecular complexity index is 1060. The Kier molecular flexibility index (Phi) is 6.65. The smallest absolute Gasteiger partial charge is 0.369 e. The van der Waals surface area contributed by atoms with E-state index >= 15 is 0 Å². The van der Waals surface area contributed by atoms with E-state index in [2.05, 4.69) is 23.5 Å².